The van der Waals surface area contributed by atoms with Crippen LogP contribution in [0.5, 0.6) is 17.2 Å². The summed E-state index contributed by atoms with van der Waals surface area (Å²) in [5, 5.41) is 10.7. The van der Waals surface area contributed by atoms with E-state index >= 15 is 0 Å². The van der Waals surface area contributed by atoms with Crippen molar-refractivity contribution < 1.29 is 33.3 Å². The summed E-state index contributed by atoms with van der Waals surface area (Å²) in [4.78, 5) is 35.4. The number of halogens is 1. The van der Waals surface area contributed by atoms with Gasteiger partial charge in [-0.3, -0.25) is 14.5 Å². The molecule has 1 saturated heterocycles. The number of aliphatic carboxylic acids is 1. The number of benzene rings is 2. The number of nitrogens with zero attached hydrogens (tertiary/aromatic N) is 4. The van der Waals surface area contributed by atoms with E-state index in [1.807, 2.05) is 32.7 Å². The Labute approximate surface area is 263 Å². The molecule has 0 radical (unpaired) electrons. The predicted molar refractivity (Wildman–Crippen MR) is 167 cm³/mol. The first-order valence-electron chi connectivity index (χ1n) is 15.7. The number of fused-ring (bicyclic) bond motifs is 1. The molecule has 1 unspecified atom stereocenters. The fourth-order valence-corrected chi connectivity index (χ4v) is 6.91. The number of amides is 1. The van der Waals surface area contributed by atoms with Crippen LogP contribution in [0, 0.1) is 18.7 Å². The van der Waals surface area contributed by atoms with Gasteiger partial charge in [0.25, 0.3) is 0 Å². The zero-order valence-corrected chi connectivity index (χ0v) is 26.4. The third kappa shape index (κ3) is 6.93. The van der Waals surface area contributed by atoms with Crippen LogP contribution >= 0.6 is 0 Å². The number of anilines is 1. The molecule has 10 nitrogen and oxygen atoms in total. The van der Waals surface area contributed by atoms with Crippen LogP contribution in [0.4, 0.5) is 10.1 Å². The van der Waals surface area contributed by atoms with Crippen molar-refractivity contribution >= 4 is 17.6 Å². The Morgan fingerprint density at radius 3 is 2.60 bits per heavy atom. The van der Waals surface area contributed by atoms with Gasteiger partial charge in [0.1, 0.15) is 5.82 Å². The number of aryl methyl sites for hydroxylation is 2. The summed E-state index contributed by atoms with van der Waals surface area (Å²) in [6, 6.07) is 7.95. The van der Waals surface area contributed by atoms with E-state index in [1.165, 1.54) is 13.2 Å². The highest BCUT2D eigenvalue weighted by atomic mass is 19.1. The standard InChI is InChI=1S/C34H43FN4O6/c1-5-7-24(8-6-2)39(25-9-10-27(35)22(3)15-25)31(40)19-38-18-26(23-16-29(43-4)33-30(17-23)44-21-45-33)32(34(41)42)28(38)11-13-37-14-12-36-20-37/h9-10,12,14-17,20,24,26,28,32H,5-8,11,13,18-19,21H2,1-4H3,(H,41,42)/t26-,28+,32?/m1/s1. The molecule has 3 heterocycles. The molecule has 3 aromatic rings. The molecule has 45 heavy (non-hydrogen) atoms. The number of carboxylic acid groups (broad SMARTS) is 1. The Balaban J connectivity index is 1.51. The zero-order valence-electron chi connectivity index (χ0n) is 26.4. The van der Waals surface area contributed by atoms with E-state index < -0.39 is 23.8 Å². The van der Waals surface area contributed by atoms with Crippen molar-refractivity contribution in [2.75, 3.05) is 31.9 Å². The van der Waals surface area contributed by atoms with Crippen molar-refractivity contribution in [1.29, 1.82) is 0 Å². The molecule has 2 aliphatic rings. The molecule has 242 valence electrons. The zero-order chi connectivity index (χ0) is 32.1. The molecule has 1 fully saturated rings. The largest absolute Gasteiger partial charge is 0.493 e. The van der Waals surface area contributed by atoms with Gasteiger partial charge in [0, 0.05) is 49.2 Å². The van der Waals surface area contributed by atoms with Gasteiger partial charge in [-0.2, -0.15) is 0 Å². The van der Waals surface area contributed by atoms with Gasteiger partial charge in [0.15, 0.2) is 11.5 Å². The number of imidazole rings is 1. The maximum atomic E-state index is 14.4. The lowest BCUT2D eigenvalue weighted by Crippen LogP contribution is -2.48. The molecular weight excluding hydrogens is 579 g/mol. The van der Waals surface area contributed by atoms with E-state index in [0.717, 1.165) is 31.2 Å². The van der Waals surface area contributed by atoms with Crippen LogP contribution in [0.25, 0.3) is 0 Å². The topological polar surface area (TPSA) is 106 Å². The Bertz CT molecular complexity index is 1480. The SMILES string of the molecule is CCCC(CCC)N(C(=O)CN1C[C@H](c2cc(OC)c3c(c2)OCO3)C(C(=O)O)[C@@H]1CCn1ccnc1)c1ccc(F)c(C)c1. The molecule has 2 aliphatic heterocycles. The lowest BCUT2D eigenvalue weighted by atomic mass is 9.84. The molecule has 5 rings (SSSR count). The number of aromatic nitrogens is 2. The van der Waals surface area contributed by atoms with Crippen molar-refractivity contribution in [2.24, 2.45) is 5.92 Å². The summed E-state index contributed by atoms with van der Waals surface area (Å²) in [5.74, 6) is -1.12. The minimum atomic E-state index is -0.928. The summed E-state index contributed by atoms with van der Waals surface area (Å²) >= 11 is 0. The molecule has 0 saturated carbocycles. The first-order chi connectivity index (χ1) is 21.7. The lowest BCUT2D eigenvalue weighted by Gasteiger charge is -2.35. The monoisotopic (exact) mass is 622 g/mol. The number of hydrogen-bond acceptors (Lipinski definition) is 7. The smallest absolute Gasteiger partial charge is 0.308 e. The minimum absolute atomic E-state index is 0.0247. The number of carboxylic acids is 1. The molecular formula is C34H43FN4O6. The lowest BCUT2D eigenvalue weighted by molar-refractivity contribution is -0.143. The molecule has 3 atom stereocenters. The molecule has 1 N–H and O–H groups in total. The summed E-state index contributed by atoms with van der Waals surface area (Å²) in [5.41, 5.74) is 1.89. The minimum Gasteiger partial charge on any atom is -0.493 e. The fraction of sp³-hybridized carbons (Fsp3) is 0.500. The van der Waals surface area contributed by atoms with Gasteiger partial charge in [-0.1, -0.05) is 26.7 Å². The molecule has 11 heteroatoms. The molecule has 0 spiro atoms. The molecule has 1 amide bonds. The van der Waals surface area contributed by atoms with Crippen molar-refractivity contribution in [3.8, 4) is 17.2 Å². The number of rotatable bonds is 14. The van der Waals surface area contributed by atoms with Crippen molar-refractivity contribution in [1.82, 2.24) is 14.5 Å². The molecule has 0 bridgehead atoms. The van der Waals surface area contributed by atoms with Gasteiger partial charge in [-0.05, 0) is 67.6 Å². The number of carbonyl (C=O) groups is 2. The Kier molecular flexibility index (Phi) is 10.3. The summed E-state index contributed by atoms with van der Waals surface area (Å²) in [6.45, 7) is 6.87. The second-order valence-electron chi connectivity index (χ2n) is 11.9. The highest BCUT2D eigenvalue weighted by Gasteiger charge is 2.48. The van der Waals surface area contributed by atoms with Crippen LogP contribution < -0.4 is 19.1 Å². The average molecular weight is 623 g/mol. The van der Waals surface area contributed by atoms with Crippen molar-refractivity contribution in [2.45, 2.75) is 77.4 Å². The molecule has 2 aromatic carbocycles. The van der Waals surface area contributed by atoms with Crippen LogP contribution in [0.2, 0.25) is 0 Å². The summed E-state index contributed by atoms with van der Waals surface area (Å²) < 4.78 is 33.0. The van der Waals surface area contributed by atoms with E-state index in [0.29, 0.717) is 48.0 Å². The highest BCUT2D eigenvalue weighted by molar-refractivity contribution is 5.95. The normalized spacial score (nSPS) is 19.3. The second-order valence-corrected chi connectivity index (χ2v) is 11.9. The number of carbonyl (C=O) groups excluding carboxylic acids is 1. The average Bonchev–Trinajstić information content (AvgIpc) is 3.78. The maximum absolute atomic E-state index is 14.4. The number of likely N-dealkylation sites (tertiary alicyclic amines) is 1. The Morgan fingerprint density at radius 1 is 1.18 bits per heavy atom. The van der Waals surface area contributed by atoms with Gasteiger partial charge in [0.05, 0.1) is 25.9 Å². The van der Waals surface area contributed by atoms with Crippen molar-refractivity contribution in [3.63, 3.8) is 0 Å². The Morgan fingerprint density at radius 2 is 1.96 bits per heavy atom. The first kappa shape index (κ1) is 32.3. The van der Waals surface area contributed by atoms with Crippen molar-refractivity contribution in [3.05, 3.63) is 66.0 Å². The van der Waals surface area contributed by atoms with E-state index in [-0.39, 0.29) is 31.1 Å². The Hall–Kier alpha value is -4.12. The van der Waals surface area contributed by atoms with Crippen LogP contribution in [-0.2, 0) is 16.1 Å². The third-order valence-electron chi connectivity index (χ3n) is 9.02. The number of methoxy groups -OCH3 is 1. The number of ether oxygens (including phenoxy) is 3. The van der Waals surface area contributed by atoms with E-state index in [4.69, 9.17) is 14.2 Å². The van der Waals surface area contributed by atoms with Gasteiger partial charge in [0.2, 0.25) is 18.4 Å². The van der Waals surface area contributed by atoms with Crippen LogP contribution in [0.3, 0.4) is 0 Å². The van der Waals surface area contributed by atoms with Gasteiger partial charge >= 0.3 is 5.97 Å². The highest BCUT2D eigenvalue weighted by Crippen LogP contribution is 2.47. The van der Waals surface area contributed by atoms with Gasteiger partial charge in [-0.25, -0.2) is 9.37 Å². The second kappa shape index (κ2) is 14.3. The van der Waals surface area contributed by atoms with Gasteiger partial charge in [-0.15, -0.1) is 0 Å². The fourth-order valence-electron chi connectivity index (χ4n) is 6.91. The summed E-state index contributed by atoms with van der Waals surface area (Å²) in [7, 11) is 1.54. The molecule has 0 aliphatic carbocycles. The predicted octanol–water partition coefficient (Wildman–Crippen LogP) is 5.63. The van der Waals surface area contributed by atoms with Crippen LogP contribution in [-0.4, -0.2) is 70.5 Å². The van der Waals surface area contributed by atoms with E-state index in [1.54, 1.807) is 31.6 Å². The van der Waals surface area contributed by atoms with Gasteiger partial charge < -0.3 is 28.8 Å². The number of hydrogen-bond donors (Lipinski definition) is 1. The van der Waals surface area contributed by atoms with Crippen LogP contribution in [0.1, 0.15) is 63.0 Å². The van der Waals surface area contributed by atoms with E-state index in [9.17, 15) is 19.1 Å². The molecule has 1 aromatic heterocycles. The quantitative estimate of drug-likeness (QED) is 0.247. The first-order valence-corrected chi connectivity index (χ1v) is 15.7. The summed E-state index contributed by atoms with van der Waals surface area (Å²) in [6.07, 6.45) is 9.13. The third-order valence-corrected chi connectivity index (χ3v) is 9.02. The maximum Gasteiger partial charge on any atom is 0.308 e. The van der Waals surface area contributed by atoms with E-state index in [2.05, 4.69) is 18.8 Å². The van der Waals surface area contributed by atoms with Crippen LogP contribution in [0.15, 0.2) is 49.1 Å².